The number of carbonyl (C=O) groups is 2. The second-order valence-corrected chi connectivity index (χ2v) is 7.03. The van der Waals surface area contributed by atoms with E-state index in [-0.39, 0.29) is 23.8 Å². The molecule has 0 bridgehead atoms. The molecule has 11 heteroatoms. The molecule has 0 atom stereocenters. The van der Waals surface area contributed by atoms with Crippen molar-refractivity contribution in [3.05, 3.63) is 70.8 Å². The Balaban J connectivity index is 1.33. The monoisotopic (exact) mass is 421 g/mol. The summed E-state index contributed by atoms with van der Waals surface area (Å²) in [5, 5.41) is 23.6. The van der Waals surface area contributed by atoms with Crippen LogP contribution in [0.15, 0.2) is 55.1 Å². The lowest BCUT2D eigenvalue weighted by molar-refractivity contribution is -0.384. The van der Waals surface area contributed by atoms with Gasteiger partial charge in [0.15, 0.2) is 0 Å². The molecule has 2 aromatic carbocycles. The summed E-state index contributed by atoms with van der Waals surface area (Å²) < 4.78 is 1.58. The summed E-state index contributed by atoms with van der Waals surface area (Å²) in [6.45, 7) is -0.278. The highest BCUT2D eigenvalue weighted by Crippen LogP contribution is 2.31. The number of benzene rings is 2. The van der Waals surface area contributed by atoms with Gasteiger partial charge in [0.2, 0.25) is 5.91 Å². The number of anilines is 2. The number of aromatic nitrogens is 3. The Hall–Kier alpha value is -4.28. The zero-order chi connectivity index (χ0) is 21.8. The maximum atomic E-state index is 12.3. The van der Waals surface area contributed by atoms with Gasteiger partial charge in [0.1, 0.15) is 18.3 Å². The van der Waals surface area contributed by atoms with Gasteiger partial charge in [-0.05, 0) is 49.2 Å². The predicted octanol–water partition coefficient (Wildman–Crippen LogP) is 2.12. The largest absolute Gasteiger partial charge is 0.377 e. The Bertz CT molecular complexity index is 1110. The van der Waals surface area contributed by atoms with E-state index in [9.17, 15) is 19.7 Å². The molecule has 1 aliphatic carbocycles. The summed E-state index contributed by atoms with van der Waals surface area (Å²) in [6.07, 6.45) is 4.92. The summed E-state index contributed by atoms with van der Waals surface area (Å²) in [5.41, 5.74) is 1.66. The Labute approximate surface area is 176 Å². The van der Waals surface area contributed by atoms with E-state index >= 15 is 0 Å². The topological polar surface area (TPSA) is 144 Å². The number of nitro groups is 1. The molecule has 1 heterocycles. The van der Waals surface area contributed by atoms with Crippen LogP contribution in [0, 0.1) is 10.1 Å². The van der Waals surface area contributed by atoms with Gasteiger partial charge >= 0.3 is 0 Å². The quantitative estimate of drug-likeness (QED) is 0.373. The molecule has 1 aromatic heterocycles. The molecule has 0 aliphatic heterocycles. The second-order valence-electron chi connectivity index (χ2n) is 7.03. The molecule has 0 unspecified atom stereocenters. The lowest BCUT2D eigenvalue weighted by Gasteiger charge is -2.09. The molecule has 1 saturated carbocycles. The van der Waals surface area contributed by atoms with Crippen molar-refractivity contribution in [3.8, 4) is 5.69 Å². The van der Waals surface area contributed by atoms with Crippen LogP contribution in [0.4, 0.5) is 17.1 Å². The van der Waals surface area contributed by atoms with Crippen LogP contribution in [0.25, 0.3) is 5.69 Å². The molecule has 31 heavy (non-hydrogen) atoms. The number of amides is 2. The fourth-order valence-electron chi connectivity index (χ4n) is 2.90. The van der Waals surface area contributed by atoms with Gasteiger partial charge in [0, 0.05) is 23.4 Å². The van der Waals surface area contributed by atoms with Crippen LogP contribution in [0.5, 0.6) is 0 Å². The predicted molar refractivity (Wildman–Crippen MR) is 112 cm³/mol. The van der Waals surface area contributed by atoms with Crippen molar-refractivity contribution in [2.24, 2.45) is 0 Å². The van der Waals surface area contributed by atoms with Crippen LogP contribution >= 0.6 is 0 Å². The highest BCUT2D eigenvalue weighted by molar-refractivity contribution is 6.00. The number of hydrogen-bond acceptors (Lipinski definition) is 7. The highest BCUT2D eigenvalue weighted by atomic mass is 16.6. The van der Waals surface area contributed by atoms with Crippen molar-refractivity contribution >= 4 is 28.9 Å². The Morgan fingerprint density at radius 3 is 2.58 bits per heavy atom. The van der Waals surface area contributed by atoms with Gasteiger partial charge in [-0.3, -0.25) is 19.7 Å². The molecule has 2 amide bonds. The van der Waals surface area contributed by atoms with Crippen molar-refractivity contribution < 1.29 is 14.5 Å². The van der Waals surface area contributed by atoms with Crippen molar-refractivity contribution in [3.63, 3.8) is 0 Å². The first-order valence-electron chi connectivity index (χ1n) is 9.58. The molecule has 1 aliphatic rings. The van der Waals surface area contributed by atoms with Gasteiger partial charge in [-0.25, -0.2) is 9.67 Å². The summed E-state index contributed by atoms with van der Waals surface area (Å²) in [6, 6.07) is 11.4. The Morgan fingerprint density at radius 2 is 1.94 bits per heavy atom. The summed E-state index contributed by atoms with van der Waals surface area (Å²) in [5.74, 6) is -0.999. The fourth-order valence-corrected chi connectivity index (χ4v) is 2.90. The normalized spacial score (nSPS) is 12.8. The number of nitrogens with zero attached hydrogens (tertiary/aromatic N) is 4. The number of nitrogens with one attached hydrogen (secondary N) is 3. The lowest BCUT2D eigenvalue weighted by atomic mass is 10.1. The highest BCUT2D eigenvalue weighted by Gasteiger charge is 2.25. The number of hydrogen-bond donors (Lipinski definition) is 3. The van der Waals surface area contributed by atoms with Crippen molar-refractivity contribution in [1.82, 2.24) is 20.1 Å². The van der Waals surface area contributed by atoms with E-state index in [0.717, 1.165) is 18.5 Å². The summed E-state index contributed by atoms with van der Waals surface area (Å²) in [4.78, 5) is 39.2. The minimum absolute atomic E-state index is 0.109. The third kappa shape index (κ3) is 5.01. The lowest BCUT2D eigenvalue weighted by Crippen LogP contribution is -2.32. The van der Waals surface area contributed by atoms with Crippen molar-refractivity contribution in [2.75, 3.05) is 17.2 Å². The third-order valence-corrected chi connectivity index (χ3v) is 4.64. The van der Waals surface area contributed by atoms with Crippen LogP contribution in [-0.2, 0) is 4.79 Å². The van der Waals surface area contributed by atoms with Gasteiger partial charge < -0.3 is 16.0 Å². The zero-order valence-electron chi connectivity index (χ0n) is 16.3. The summed E-state index contributed by atoms with van der Waals surface area (Å²) >= 11 is 0. The van der Waals surface area contributed by atoms with Crippen molar-refractivity contribution in [1.29, 1.82) is 0 Å². The first-order valence-corrected chi connectivity index (χ1v) is 9.58. The van der Waals surface area contributed by atoms with Gasteiger partial charge in [-0.1, -0.05) is 0 Å². The number of rotatable bonds is 8. The van der Waals surface area contributed by atoms with Crippen LogP contribution < -0.4 is 16.0 Å². The van der Waals surface area contributed by atoms with Gasteiger partial charge in [0.25, 0.3) is 11.6 Å². The van der Waals surface area contributed by atoms with Crippen LogP contribution in [-0.4, -0.2) is 44.1 Å². The Morgan fingerprint density at radius 1 is 1.16 bits per heavy atom. The first kappa shape index (κ1) is 20.0. The maximum Gasteiger partial charge on any atom is 0.293 e. The standard InChI is InChI=1S/C20H19N7O4/c28-19(25-15-4-6-16(7-5-15)26-12-21-11-23-26)10-22-20(29)13-1-8-17(24-14-2-3-14)18(9-13)27(30)31/h1,4-9,11-12,14,24H,2-3,10H2,(H,22,29)(H,25,28). The molecule has 1 fully saturated rings. The molecule has 0 radical (unpaired) electrons. The minimum Gasteiger partial charge on any atom is -0.377 e. The maximum absolute atomic E-state index is 12.3. The van der Waals surface area contributed by atoms with E-state index in [0.29, 0.717) is 11.4 Å². The van der Waals surface area contributed by atoms with Crippen LogP contribution in [0.3, 0.4) is 0 Å². The van der Waals surface area contributed by atoms with E-state index < -0.39 is 16.7 Å². The average molecular weight is 421 g/mol. The molecular formula is C20H19N7O4. The van der Waals surface area contributed by atoms with E-state index in [1.54, 1.807) is 35.3 Å². The van der Waals surface area contributed by atoms with E-state index in [4.69, 9.17) is 0 Å². The average Bonchev–Trinajstić information content (AvgIpc) is 3.41. The van der Waals surface area contributed by atoms with E-state index in [2.05, 4.69) is 26.0 Å². The van der Waals surface area contributed by atoms with Gasteiger partial charge in [0.05, 0.1) is 17.2 Å². The molecule has 3 N–H and O–H groups in total. The van der Waals surface area contributed by atoms with Gasteiger partial charge in [-0.2, -0.15) is 5.10 Å². The van der Waals surface area contributed by atoms with Crippen molar-refractivity contribution in [2.45, 2.75) is 18.9 Å². The summed E-state index contributed by atoms with van der Waals surface area (Å²) in [7, 11) is 0. The zero-order valence-corrected chi connectivity index (χ0v) is 16.3. The SMILES string of the molecule is O=C(CNC(=O)c1ccc(NC2CC2)c([N+](=O)[O-])c1)Nc1ccc(-n2cncn2)cc1. The van der Waals surface area contributed by atoms with E-state index in [1.807, 2.05) is 0 Å². The Kier molecular flexibility index (Phi) is 5.56. The van der Waals surface area contributed by atoms with Crippen LogP contribution in [0.1, 0.15) is 23.2 Å². The third-order valence-electron chi connectivity index (χ3n) is 4.64. The molecule has 0 spiro atoms. The first-order chi connectivity index (χ1) is 15.0. The fraction of sp³-hybridized carbons (Fsp3) is 0.200. The van der Waals surface area contributed by atoms with Gasteiger partial charge in [-0.15, -0.1) is 0 Å². The molecule has 158 valence electrons. The smallest absolute Gasteiger partial charge is 0.293 e. The molecule has 3 aromatic rings. The minimum atomic E-state index is -0.572. The van der Waals surface area contributed by atoms with E-state index in [1.165, 1.54) is 24.5 Å². The number of nitro benzene ring substituents is 1. The molecule has 4 rings (SSSR count). The van der Waals surface area contributed by atoms with Crippen LogP contribution in [0.2, 0.25) is 0 Å². The molecule has 11 nitrogen and oxygen atoms in total. The second kappa shape index (κ2) is 8.61. The molecular weight excluding hydrogens is 402 g/mol. The molecule has 0 saturated heterocycles. The number of carbonyl (C=O) groups excluding carboxylic acids is 2.